The van der Waals surface area contributed by atoms with Gasteiger partial charge in [-0.1, -0.05) is 11.6 Å². The van der Waals surface area contributed by atoms with Crippen molar-refractivity contribution >= 4 is 44.0 Å². The van der Waals surface area contributed by atoms with Crippen molar-refractivity contribution in [3.05, 3.63) is 38.5 Å². The fourth-order valence-electron chi connectivity index (χ4n) is 1.16. The van der Waals surface area contributed by atoms with E-state index in [-0.39, 0.29) is 11.6 Å². The van der Waals surface area contributed by atoms with Gasteiger partial charge in [0, 0.05) is 11.4 Å². The van der Waals surface area contributed by atoms with Gasteiger partial charge < -0.3 is 10.5 Å². The van der Waals surface area contributed by atoms with Crippen LogP contribution in [0.15, 0.2) is 22.0 Å². The molecule has 3 nitrogen and oxygen atoms in total. The van der Waals surface area contributed by atoms with Crippen LogP contribution in [0.4, 0.5) is 9.52 Å². The van der Waals surface area contributed by atoms with Crippen molar-refractivity contribution in [1.29, 1.82) is 0 Å². The highest BCUT2D eigenvalue weighted by molar-refractivity contribution is 9.10. The largest absolute Gasteiger partial charge is 0.486 e. The van der Waals surface area contributed by atoms with Gasteiger partial charge in [0.2, 0.25) is 0 Å². The van der Waals surface area contributed by atoms with Gasteiger partial charge in [-0.05, 0) is 22.0 Å². The van der Waals surface area contributed by atoms with E-state index in [1.807, 2.05) is 0 Å². The van der Waals surface area contributed by atoms with E-state index in [0.29, 0.717) is 21.0 Å². The minimum Gasteiger partial charge on any atom is -0.486 e. The predicted molar refractivity (Wildman–Crippen MR) is 70.0 cm³/mol. The van der Waals surface area contributed by atoms with Crippen LogP contribution >= 0.6 is 38.9 Å². The quantitative estimate of drug-likeness (QED) is 0.865. The SMILES string of the molecule is Nc1nc(COc2cc(F)c(Cl)cc2Br)cs1. The third-order valence-corrected chi connectivity index (χ3v) is 3.55. The summed E-state index contributed by atoms with van der Waals surface area (Å²) >= 11 is 10.2. The second-order valence-electron chi connectivity index (χ2n) is 3.16. The summed E-state index contributed by atoms with van der Waals surface area (Å²) in [6, 6.07) is 2.67. The lowest BCUT2D eigenvalue weighted by atomic mass is 10.3. The number of anilines is 1. The number of benzene rings is 1. The third kappa shape index (κ3) is 3.08. The molecule has 0 aliphatic rings. The molecular formula is C10H7BrClFN2OS. The van der Waals surface area contributed by atoms with Crippen LogP contribution in [-0.2, 0) is 6.61 Å². The topological polar surface area (TPSA) is 48.1 Å². The molecule has 7 heteroatoms. The van der Waals surface area contributed by atoms with E-state index >= 15 is 0 Å². The zero-order chi connectivity index (χ0) is 12.4. The number of nitrogen functional groups attached to an aromatic ring is 1. The highest BCUT2D eigenvalue weighted by Gasteiger charge is 2.08. The first-order valence-electron chi connectivity index (χ1n) is 4.53. The van der Waals surface area contributed by atoms with E-state index in [2.05, 4.69) is 20.9 Å². The number of halogens is 3. The fraction of sp³-hybridized carbons (Fsp3) is 0.100. The normalized spacial score (nSPS) is 10.5. The molecule has 0 radical (unpaired) electrons. The van der Waals surface area contributed by atoms with Gasteiger partial charge in [-0.25, -0.2) is 9.37 Å². The van der Waals surface area contributed by atoms with Gasteiger partial charge in [0.1, 0.15) is 18.2 Å². The van der Waals surface area contributed by atoms with Gasteiger partial charge in [-0.3, -0.25) is 0 Å². The molecule has 1 aromatic heterocycles. The molecule has 0 fully saturated rings. The van der Waals surface area contributed by atoms with Crippen LogP contribution in [0.3, 0.4) is 0 Å². The van der Waals surface area contributed by atoms with Crippen LogP contribution in [-0.4, -0.2) is 4.98 Å². The van der Waals surface area contributed by atoms with Crippen molar-refractivity contribution in [2.45, 2.75) is 6.61 Å². The Morgan fingerprint density at radius 1 is 1.53 bits per heavy atom. The van der Waals surface area contributed by atoms with Crippen LogP contribution in [0.25, 0.3) is 0 Å². The summed E-state index contributed by atoms with van der Waals surface area (Å²) in [7, 11) is 0. The molecule has 2 aromatic rings. The third-order valence-electron chi connectivity index (χ3n) is 1.92. The molecule has 2 N–H and O–H groups in total. The Kier molecular flexibility index (Phi) is 3.86. The lowest BCUT2D eigenvalue weighted by molar-refractivity contribution is 0.299. The minimum atomic E-state index is -0.525. The van der Waals surface area contributed by atoms with Gasteiger partial charge in [0.15, 0.2) is 5.13 Å². The van der Waals surface area contributed by atoms with Gasteiger partial charge in [0.05, 0.1) is 15.2 Å². The van der Waals surface area contributed by atoms with Crippen molar-refractivity contribution < 1.29 is 9.13 Å². The number of hydrogen-bond acceptors (Lipinski definition) is 4. The van der Waals surface area contributed by atoms with Gasteiger partial charge >= 0.3 is 0 Å². The summed E-state index contributed by atoms with van der Waals surface area (Å²) in [5.41, 5.74) is 6.19. The zero-order valence-electron chi connectivity index (χ0n) is 8.41. The van der Waals surface area contributed by atoms with Crippen molar-refractivity contribution in [3.8, 4) is 5.75 Å². The van der Waals surface area contributed by atoms with Crippen molar-refractivity contribution in [1.82, 2.24) is 4.98 Å². The van der Waals surface area contributed by atoms with Crippen LogP contribution in [0, 0.1) is 5.82 Å². The molecule has 90 valence electrons. The van der Waals surface area contributed by atoms with Crippen molar-refractivity contribution in [3.63, 3.8) is 0 Å². The summed E-state index contributed by atoms with van der Waals surface area (Å²) in [5, 5.41) is 2.31. The Labute approximate surface area is 115 Å². The molecule has 0 amide bonds. The molecule has 0 saturated heterocycles. The summed E-state index contributed by atoms with van der Waals surface area (Å²) in [4.78, 5) is 4.03. The molecule has 1 aromatic carbocycles. The van der Waals surface area contributed by atoms with Gasteiger partial charge in [-0.15, -0.1) is 11.3 Å². The molecule has 0 aliphatic carbocycles. The number of nitrogens with zero attached hydrogens (tertiary/aromatic N) is 1. The molecule has 0 saturated carbocycles. The van der Waals surface area contributed by atoms with Crippen LogP contribution < -0.4 is 10.5 Å². The lowest BCUT2D eigenvalue weighted by Gasteiger charge is -2.07. The monoisotopic (exact) mass is 336 g/mol. The Balaban J connectivity index is 2.11. The van der Waals surface area contributed by atoms with E-state index in [1.165, 1.54) is 23.5 Å². The van der Waals surface area contributed by atoms with Crippen LogP contribution in [0.2, 0.25) is 5.02 Å². The molecule has 0 atom stereocenters. The first-order chi connectivity index (χ1) is 8.06. The summed E-state index contributed by atoms with van der Waals surface area (Å²) < 4.78 is 19.2. The molecular weight excluding hydrogens is 331 g/mol. The molecule has 1 heterocycles. The Bertz CT molecular complexity index is 549. The van der Waals surface area contributed by atoms with E-state index in [4.69, 9.17) is 22.1 Å². The average molecular weight is 338 g/mol. The van der Waals surface area contributed by atoms with E-state index < -0.39 is 5.82 Å². The van der Waals surface area contributed by atoms with E-state index in [1.54, 1.807) is 5.38 Å². The number of aromatic nitrogens is 1. The number of rotatable bonds is 3. The first-order valence-corrected chi connectivity index (χ1v) is 6.58. The van der Waals surface area contributed by atoms with E-state index in [0.717, 1.165) is 0 Å². The maximum Gasteiger partial charge on any atom is 0.180 e. The first kappa shape index (κ1) is 12.6. The smallest absolute Gasteiger partial charge is 0.180 e. The standard InChI is InChI=1S/C10H7BrClFN2OS/c11-6-1-7(12)8(13)2-9(6)16-3-5-4-17-10(14)15-5/h1-2,4H,3H2,(H2,14,15). The second-order valence-corrected chi connectivity index (χ2v) is 5.31. The Morgan fingerprint density at radius 3 is 2.94 bits per heavy atom. The van der Waals surface area contributed by atoms with Crippen molar-refractivity contribution in [2.75, 3.05) is 5.73 Å². The fourth-order valence-corrected chi connectivity index (χ4v) is 2.46. The molecule has 0 aliphatic heterocycles. The van der Waals surface area contributed by atoms with Crippen molar-refractivity contribution in [2.24, 2.45) is 0 Å². The maximum absolute atomic E-state index is 13.2. The average Bonchev–Trinajstić information content (AvgIpc) is 2.68. The Morgan fingerprint density at radius 2 is 2.29 bits per heavy atom. The van der Waals surface area contributed by atoms with Gasteiger partial charge in [0.25, 0.3) is 0 Å². The lowest BCUT2D eigenvalue weighted by Crippen LogP contribution is -1.97. The highest BCUT2D eigenvalue weighted by Crippen LogP contribution is 2.31. The summed E-state index contributed by atoms with van der Waals surface area (Å²) in [5.74, 6) is -0.152. The van der Waals surface area contributed by atoms with Crippen LogP contribution in [0.5, 0.6) is 5.75 Å². The molecule has 17 heavy (non-hydrogen) atoms. The zero-order valence-corrected chi connectivity index (χ0v) is 11.6. The van der Waals surface area contributed by atoms with Crippen LogP contribution in [0.1, 0.15) is 5.69 Å². The predicted octanol–water partition coefficient (Wildman–Crippen LogP) is 3.86. The number of ether oxygens (including phenoxy) is 1. The Hall–Kier alpha value is -0.850. The summed E-state index contributed by atoms with van der Waals surface area (Å²) in [6.07, 6.45) is 0. The number of thiazole rings is 1. The summed E-state index contributed by atoms with van der Waals surface area (Å²) in [6.45, 7) is 0.230. The minimum absolute atomic E-state index is 0.0436. The molecule has 0 bridgehead atoms. The maximum atomic E-state index is 13.2. The molecule has 0 spiro atoms. The second kappa shape index (κ2) is 5.20. The van der Waals surface area contributed by atoms with E-state index in [9.17, 15) is 4.39 Å². The highest BCUT2D eigenvalue weighted by atomic mass is 79.9. The molecule has 2 rings (SSSR count). The number of nitrogens with two attached hydrogens (primary N) is 1. The molecule has 0 unspecified atom stereocenters. The van der Waals surface area contributed by atoms with Gasteiger partial charge in [-0.2, -0.15) is 0 Å². The number of hydrogen-bond donors (Lipinski definition) is 1.